The van der Waals surface area contributed by atoms with Crippen molar-refractivity contribution in [2.45, 2.75) is 88.4 Å². The van der Waals surface area contributed by atoms with Crippen molar-refractivity contribution >= 4 is 39.4 Å². The highest BCUT2D eigenvalue weighted by molar-refractivity contribution is 9.09. The number of alkyl halides is 1. The number of para-hydroxylation sites is 1. The lowest BCUT2D eigenvalue weighted by atomic mass is 9.70. The van der Waals surface area contributed by atoms with Gasteiger partial charge in [-0.25, -0.2) is 0 Å². The number of rotatable bonds is 14. The van der Waals surface area contributed by atoms with Crippen LogP contribution in [0, 0.1) is 31.6 Å². The summed E-state index contributed by atoms with van der Waals surface area (Å²) in [7, 11) is 0. The van der Waals surface area contributed by atoms with E-state index in [1.807, 2.05) is 52.0 Å². The van der Waals surface area contributed by atoms with Crippen molar-refractivity contribution in [3.05, 3.63) is 54.6 Å². The predicted molar refractivity (Wildman–Crippen MR) is 166 cm³/mol. The normalized spacial score (nSPS) is 28.6. The lowest BCUT2D eigenvalue weighted by Gasteiger charge is -2.40. The van der Waals surface area contributed by atoms with Crippen LogP contribution in [-0.2, 0) is 23.9 Å². The van der Waals surface area contributed by atoms with Gasteiger partial charge in [-0.05, 0) is 63.0 Å². The Morgan fingerprint density at radius 3 is 2.52 bits per heavy atom. The van der Waals surface area contributed by atoms with Gasteiger partial charge in [-0.2, -0.15) is 0 Å². The lowest BCUT2D eigenvalue weighted by Crippen LogP contribution is -2.59. The zero-order valence-electron chi connectivity index (χ0n) is 25.3. The average molecular weight is 646 g/mol. The fourth-order valence-electron chi connectivity index (χ4n) is 7.29. The van der Waals surface area contributed by atoms with E-state index in [4.69, 9.17) is 9.47 Å². The second kappa shape index (κ2) is 13.4. The molecule has 230 valence electrons. The first-order valence-electron chi connectivity index (χ1n) is 15.0. The van der Waals surface area contributed by atoms with Gasteiger partial charge in [0.2, 0.25) is 5.91 Å². The molecule has 3 saturated heterocycles. The maximum absolute atomic E-state index is 14.9. The number of aliphatic hydroxyl groups excluding tert-OH is 1. The molecule has 3 aliphatic heterocycles. The number of esters is 1. The first-order valence-corrected chi connectivity index (χ1v) is 16.0. The minimum Gasteiger partial charge on any atom is -0.465 e. The van der Waals surface area contributed by atoms with E-state index in [0.29, 0.717) is 19.3 Å². The highest BCUT2D eigenvalue weighted by atomic mass is 79.9. The van der Waals surface area contributed by atoms with E-state index in [-0.39, 0.29) is 42.3 Å². The van der Waals surface area contributed by atoms with Crippen molar-refractivity contribution in [3.63, 3.8) is 0 Å². The molecule has 0 radical (unpaired) electrons. The number of unbranched alkanes of at least 4 members (excludes halogenated alkanes) is 2. The highest BCUT2D eigenvalue weighted by Gasteiger charge is 2.77. The quantitative estimate of drug-likeness (QED) is 0.134. The SMILES string of the molecule is C=CCCCCOC(=O)[C@H]1[C@H]2C(=O)N([C@@H](CO)CC(C)C)C(C(=O)N(CC=C)c3c(C)cccc3C)C23CC(Br)[C@@H]1O3. The van der Waals surface area contributed by atoms with Crippen LogP contribution >= 0.6 is 15.9 Å². The average Bonchev–Trinajstić information content (AvgIpc) is 3.53. The molecular formula is C33H45BrN2O6. The van der Waals surface area contributed by atoms with E-state index in [2.05, 4.69) is 29.1 Å². The maximum atomic E-state index is 14.9. The summed E-state index contributed by atoms with van der Waals surface area (Å²) in [6.45, 7) is 15.7. The molecule has 8 nitrogen and oxygen atoms in total. The molecule has 1 spiro atoms. The van der Waals surface area contributed by atoms with Crippen molar-refractivity contribution in [1.29, 1.82) is 0 Å². The summed E-state index contributed by atoms with van der Waals surface area (Å²) in [5, 5.41) is 10.6. The second-order valence-electron chi connectivity index (χ2n) is 12.3. The van der Waals surface area contributed by atoms with E-state index < -0.39 is 41.6 Å². The van der Waals surface area contributed by atoms with Crippen molar-refractivity contribution in [3.8, 4) is 0 Å². The summed E-state index contributed by atoms with van der Waals surface area (Å²) in [6.07, 6.45) is 6.17. The molecule has 4 rings (SSSR count). The number of hydrogen-bond donors (Lipinski definition) is 1. The molecule has 2 bridgehead atoms. The third-order valence-corrected chi connectivity index (χ3v) is 9.76. The van der Waals surface area contributed by atoms with Gasteiger partial charge in [0.05, 0.1) is 37.2 Å². The number of nitrogens with zero attached hydrogens (tertiary/aromatic N) is 2. The van der Waals surface area contributed by atoms with E-state index in [1.165, 1.54) is 0 Å². The Morgan fingerprint density at radius 1 is 1.24 bits per heavy atom. The summed E-state index contributed by atoms with van der Waals surface area (Å²) < 4.78 is 12.3. The van der Waals surface area contributed by atoms with Gasteiger partial charge in [0.25, 0.3) is 5.91 Å². The van der Waals surface area contributed by atoms with Gasteiger partial charge >= 0.3 is 5.97 Å². The van der Waals surface area contributed by atoms with Gasteiger partial charge in [0.1, 0.15) is 11.6 Å². The number of ether oxygens (including phenoxy) is 2. The monoisotopic (exact) mass is 644 g/mol. The molecule has 7 atom stereocenters. The summed E-state index contributed by atoms with van der Waals surface area (Å²) in [5.41, 5.74) is 1.37. The Kier molecular flexibility index (Phi) is 10.4. The zero-order chi connectivity index (χ0) is 30.8. The van der Waals surface area contributed by atoms with Gasteiger partial charge in [0.15, 0.2) is 0 Å². The number of carbonyl (C=O) groups is 3. The number of halogens is 1. The molecule has 2 amide bonds. The number of anilines is 1. The zero-order valence-corrected chi connectivity index (χ0v) is 26.8. The molecule has 3 heterocycles. The number of carbonyl (C=O) groups excluding carboxylic acids is 3. The standard InChI is InChI=1S/C33H45BrN2O6/c1-7-9-10-11-16-41-32(40)25-26-30(38)36(23(19-37)17-20(3)4)29(33(26)18-24(34)28(25)42-33)31(39)35(15-8-2)27-21(5)13-12-14-22(27)6/h7-8,12-14,20,23-26,28-29,37H,1-2,9-11,15-19H2,3-6H3/t23-,24?,25+,26+,28+,29?,33?/m1/s1. The number of benzene rings is 1. The first-order chi connectivity index (χ1) is 20.0. The van der Waals surface area contributed by atoms with Crippen molar-refractivity contribution < 1.29 is 29.0 Å². The van der Waals surface area contributed by atoms with Crippen LogP contribution in [0.1, 0.15) is 57.1 Å². The van der Waals surface area contributed by atoms with E-state index in [0.717, 1.165) is 29.7 Å². The largest absolute Gasteiger partial charge is 0.465 e. The second-order valence-corrected chi connectivity index (χ2v) is 13.5. The summed E-state index contributed by atoms with van der Waals surface area (Å²) in [4.78, 5) is 45.9. The Labute approximate surface area is 258 Å². The molecule has 3 aliphatic rings. The van der Waals surface area contributed by atoms with Gasteiger partial charge in [-0.1, -0.05) is 60.1 Å². The Hall–Kier alpha value is -2.49. The van der Waals surface area contributed by atoms with Crippen LogP contribution in [-0.4, -0.2) is 76.2 Å². The van der Waals surface area contributed by atoms with Crippen molar-refractivity contribution in [2.24, 2.45) is 17.8 Å². The number of allylic oxidation sites excluding steroid dienone is 1. The molecule has 1 aromatic carbocycles. The summed E-state index contributed by atoms with van der Waals surface area (Å²) >= 11 is 3.72. The first kappa shape index (κ1) is 32.4. The molecular weight excluding hydrogens is 600 g/mol. The Morgan fingerprint density at radius 2 is 1.93 bits per heavy atom. The fraction of sp³-hybridized carbons (Fsp3) is 0.606. The van der Waals surface area contributed by atoms with Crippen LogP contribution in [0.15, 0.2) is 43.5 Å². The molecule has 0 saturated carbocycles. The number of amides is 2. The summed E-state index contributed by atoms with van der Waals surface area (Å²) in [6, 6.07) is 4.21. The molecule has 1 aromatic rings. The molecule has 3 unspecified atom stereocenters. The van der Waals surface area contributed by atoms with Gasteiger partial charge in [0, 0.05) is 17.1 Å². The predicted octanol–water partition coefficient (Wildman–Crippen LogP) is 4.88. The van der Waals surface area contributed by atoms with Gasteiger partial charge in [-0.15, -0.1) is 13.2 Å². The van der Waals surface area contributed by atoms with Crippen LogP contribution in [0.5, 0.6) is 0 Å². The number of fused-ring (bicyclic) bond motifs is 1. The van der Waals surface area contributed by atoms with E-state index in [1.54, 1.807) is 15.9 Å². The van der Waals surface area contributed by atoms with Gasteiger partial charge in [-0.3, -0.25) is 14.4 Å². The number of aryl methyl sites for hydroxylation is 2. The van der Waals surface area contributed by atoms with E-state index >= 15 is 0 Å². The van der Waals surface area contributed by atoms with Crippen LogP contribution in [0.2, 0.25) is 0 Å². The minimum atomic E-state index is -1.24. The number of hydrogen-bond acceptors (Lipinski definition) is 6. The van der Waals surface area contributed by atoms with Crippen molar-refractivity contribution in [2.75, 3.05) is 24.7 Å². The smallest absolute Gasteiger partial charge is 0.312 e. The Balaban J connectivity index is 1.79. The van der Waals surface area contributed by atoms with Crippen LogP contribution in [0.4, 0.5) is 5.69 Å². The molecule has 9 heteroatoms. The number of likely N-dealkylation sites (tertiary alicyclic amines) is 1. The third kappa shape index (κ3) is 5.72. The maximum Gasteiger partial charge on any atom is 0.312 e. The van der Waals surface area contributed by atoms with E-state index in [9.17, 15) is 19.5 Å². The lowest BCUT2D eigenvalue weighted by molar-refractivity contribution is -0.155. The Bertz CT molecular complexity index is 1180. The molecule has 1 N–H and O–H groups in total. The molecule has 0 aromatic heterocycles. The topological polar surface area (TPSA) is 96.4 Å². The molecule has 3 fully saturated rings. The van der Waals surface area contributed by atoms with Crippen LogP contribution in [0.3, 0.4) is 0 Å². The van der Waals surface area contributed by atoms with Crippen LogP contribution in [0.25, 0.3) is 0 Å². The van der Waals surface area contributed by atoms with Crippen LogP contribution < -0.4 is 4.90 Å². The molecule has 42 heavy (non-hydrogen) atoms. The number of aliphatic hydroxyl groups is 1. The van der Waals surface area contributed by atoms with Gasteiger partial charge < -0.3 is 24.4 Å². The summed E-state index contributed by atoms with van der Waals surface area (Å²) in [5.74, 6) is -2.67. The third-order valence-electron chi connectivity index (χ3n) is 8.91. The molecule has 0 aliphatic carbocycles. The van der Waals surface area contributed by atoms with Crippen molar-refractivity contribution in [1.82, 2.24) is 4.90 Å². The fourth-order valence-corrected chi connectivity index (χ4v) is 8.23. The minimum absolute atomic E-state index is 0.157. The highest BCUT2D eigenvalue weighted by Crippen LogP contribution is 2.61.